The first-order valence-corrected chi connectivity index (χ1v) is 11.1. The zero-order valence-electron chi connectivity index (χ0n) is 16.0. The van der Waals surface area contributed by atoms with Crippen LogP contribution in [0.5, 0.6) is 0 Å². The summed E-state index contributed by atoms with van der Waals surface area (Å²) in [5.74, 6) is 4.82. The first-order chi connectivity index (χ1) is 11.3. The van der Waals surface area contributed by atoms with E-state index in [2.05, 4.69) is 25.7 Å². The van der Waals surface area contributed by atoms with Crippen LogP contribution < -0.4 is 0 Å². The molecule has 24 heavy (non-hydrogen) atoms. The lowest BCUT2D eigenvalue weighted by molar-refractivity contribution is -0.0465. The van der Waals surface area contributed by atoms with E-state index in [9.17, 15) is 0 Å². The number of likely N-dealkylation sites (tertiary alicyclic amines) is 1. The number of piperidine rings is 1. The standard InChI is InChI=1S/C22H36ClN/c1-20(2)18-4-6-21(20,3)14-24(13-18)7-5-19-16-8-15-9-17(19)12-22(23,10-15)11-16/h15-19H,4-14H2,1-3H3/t15?,16?,17?,18-,19?,21-,22?/m1/s1. The predicted octanol–water partition coefficient (Wildman–Crippen LogP) is 5.57. The van der Waals surface area contributed by atoms with Gasteiger partial charge in [-0.05, 0) is 98.3 Å². The normalized spacial score (nSPS) is 55.2. The van der Waals surface area contributed by atoms with Gasteiger partial charge in [0.2, 0.25) is 0 Å². The second kappa shape index (κ2) is 5.16. The molecular weight excluding hydrogens is 314 g/mol. The topological polar surface area (TPSA) is 3.24 Å². The van der Waals surface area contributed by atoms with Crippen LogP contribution in [0.1, 0.15) is 72.1 Å². The molecule has 6 bridgehead atoms. The molecule has 2 unspecified atom stereocenters. The summed E-state index contributed by atoms with van der Waals surface area (Å²) in [5, 5.41) is 0. The second-order valence-corrected chi connectivity index (χ2v) is 12.1. The van der Waals surface area contributed by atoms with Crippen LogP contribution in [0.15, 0.2) is 0 Å². The fourth-order valence-electron chi connectivity index (χ4n) is 8.14. The molecule has 2 heteroatoms. The van der Waals surface area contributed by atoms with Gasteiger partial charge in [0.25, 0.3) is 0 Å². The molecule has 6 aliphatic rings. The van der Waals surface area contributed by atoms with E-state index in [0.29, 0.717) is 10.8 Å². The van der Waals surface area contributed by atoms with Gasteiger partial charge in [0.1, 0.15) is 0 Å². The fraction of sp³-hybridized carbons (Fsp3) is 1.00. The summed E-state index contributed by atoms with van der Waals surface area (Å²) in [6.45, 7) is 11.7. The molecular formula is C22H36ClN. The van der Waals surface area contributed by atoms with Crippen molar-refractivity contribution in [1.29, 1.82) is 0 Å². The zero-order valence-corrected chi connectivity index (χ0v) is 16.7. The monoisotopic (exact) mass is 349 g/mol. The molecule has 4 atom stereocenters. The van der Waals surface area contributed by atoms with Gasteiger partial charge < -0.3 is 4.90 Å². The second-order valence-electron chi connectivity index (χ2n) is 11.3. The summed E-state index contributed by atoms with van der Waals surface area (Å²) >= 11 is 6.93. The molecule has 1 saturated heterocycles. The van der Waals surface area contributed by atoms with Crippen molar-refractivity contribution in [2.75, 3.05) is 19.6 Å². The van der Waals surface area contributed by atoms with Crippen molar-refractivity contribution in [2.45, 2.75) is 77.0 Å². The largest absolute Gasteiger partial charge is 0.302 e. The zero-order chi connectivity index (χ0) is 16.7. The molecule has 0 amide bonds. The fourth-order valence-corrected chi connectivity index (χ4v) is 8.76. The Bertz CT molecular complexity index is 512. The van der Waals surface area contributed by atoms with E-state index in [1.54, 1.807) is 0 Å². The lowest BCUT2D eigenvalue weighted by Gasteiger charge is -2.58. The number of nitrogens with zero attached hydrogens (tertiary/aromatic N) is 1. The van der Waals surface area contributed by atoms with Gasteiger partial charge in [-0.3, -0.25) is 0 Å². The predicted molar refractivity (Wildman–Crippen MR) is 101 cm³/mol. The van der Waals surface area contributed by atoms with Crippen molar-refractivity contribution < 1.29 is 0 Å². The summed E-state index contributed by atoms with van der Waals surface area (Å²) in [6, 6.07) is 0. The van der Waals surface area contributed by atoms with Gasteiger partial charge in [-0.25, -0.2) is 0 Å². The summed E-state index contributed by atoms with van der Waals surface area (Å²) < 4.78 is 0. The molecule has 1 heterocycles. The Labute approximate surface area is 153 Å². The number of rotatable bonds is 3. The van der Waals surface area contributed by atoms with Crippen molar-refractivity contribution in [3.63, 3.8) is 0 Å². The van der Waals surface area contributed by atoms with E-state index in [4.69, 9.17) is 11.6 Å². The summed E-state index contributed by atoms with van der Waals surface area (Å²) in [6.07, 6.45) is 11.4. The molecule has 0 radical (unpaired) electrons. The van der Waals surface area contributed by atoms with E-state index in [-0.39, 0.29) is 4.87 Å². The smallest absolute Gasteiger partial charge is 0.0455 e. The van der Waals surface area contributed by atoms with Crippen LogP contribution in [0.4, 0.5) is 0 Å². The highest BCUT2D eigenvalue weighted by molar-refractivity contribution is 6.24. The number of hydrogen-bond acceptors (Lipinski definition) is 1. The summed E-state index contributed by atoms with van der Waals surface area (Å²) in [5.41, 5.74) is 1.11. The lowest BCUT2D eigenvalue weighted by Crippen LogP contribution is -2.54. The maximum atomic E-state index is 6.93. The molecule has 0 spiro atoms. The van der Waals surface area contributed by atoms with Crippen molar-refractivity contribution in [2.24, 2.45) is 40.4 Å². The van der Waals surface area contributed by atoms with Gasteiger partial charge in [0, 0.05) is 18.0 Å². The van der Waals surface area contributed by atoms with Crippen LogP contribution in [0, 0.1) is 40.4 Å². The Morgan fingerprint density at radius 2 is 1.75 bits per heavy atom. The Kier molecular flexibility index (Phi) is 3.53. The lowest BCUT2D eigenvalue weighted by atomic mass is 9.51. The Hall–Kier alpha value is 0.250. The van der Waals surface area contributed by atoms with Crippen LogP contribution in [0.2, 0.25) is 0 Å². The minimum Gasteiger partial charge on any atom is -0.302 e. The Balaban J connectivity index is 1.24. The third-order valence-electron chi connectivity index (χ3n) is 9.84. The molecule has 1 nitrogen and oxygen atoms in total. The molecule has 5 aliphatic carbocycles. The van der Waals surface area contributed by atoms with Crippen molar-refractivity contribution in [1.82, 2.24) is 4.90 Å². The first-order valence-electron chi connectivity index (χ1n) is 10.7. The Morgan fingerprint density at radius 1 is 1.04 bits per heavy atom. The number of alkyl halides is 1. The number of fused-ring (bicyclic) bond motifs is 2. The molecule has 136 valence electrons. The highest BCUT2D eigenvalue weighted by Gasteiger charge is 2.56. The third kappa shape index (κ3) is 2.29. The van der Waals surface area contributed by atoms with Crippen LogP contribution in [-0.4, -0.2) is 29.4 Å². The number of hydrogen-bond donors (Lipinski definition) is 0. The van der Waals surface area contributed by atoms with E-state index in [0.717, 1.165) is 29.6 Å². The summed E-state index contributed by atoms with van der Waals surface area (Å²) in [4.78, 5) is 3.07. The van der Waals surface area contributed by atoms with Gasteiger partial charge in [-0.2, -0.15) is 0 Å². The first kappa shape index (κ1) is 16.4. The van der Waals surface area contributed by atoms with E-state index in [1.165, 1.54) is 71.0 Å². The molecule has 0 aromatic rings. The molecule has 0 aromatic heterocycles. The summed E-state index contributed by atoms with van der Waals surface area (Å²) in [7, 11) is 0. The molecule has 0 aromatic carbocycles. The minimum absolute atomic E-state index is 0.217. The van der Waals surface area contributed by atoms with Gasteiger partial charge in [-0.1, -0.05) is 20.8 Å². The molecule has 6 rings (SSSR count). The van der Waals surface area contributed by atoms with Crippen molar-refractivity contribution in [3.05, 3.63) is 0 Å². The molecule has 0 N–H and O–H groups in total. The molecule has 5 saturated carbocycles. The molecule has 6 fully saturated rings. The van der Waals surface area contributed by atoms with Crippen molar-refractivity contribution >= 4 is 11.6 Å². The average Bonchev–Trinajstić information content (AvgIpc) is 2.61. The van der Waals surface area contributed by atoms with Crippen LogP contribution in [0.3, 0.4) is 0 Å². The van der Waals surface area contributed by atoms with Gasteiger partial charge in [0.05, 0.1) is 0 Å². The van der Waals surface area contributed by atoms with Crippen molar-refractivity contribution in [3.8, 4) is 0 Å². The molecule has 1 aliphatic heterocycles. The van der Waals surface area contributed by atoms with E-state index >= 15 is 0 Å². The maximum Gasteiger partial charge on any atom is 0.0455 e. The average molecular weight is 350 g/mol. The minimum atomic E-state index is 0.217. The Morgan fingerprint density at radius 3 is 2.38 bits per heavy atom. The van der Waals surface area contributed by atoms with Gasteiger partial charge in [0.15, 0.2) is 0 Å². The van der Waals surface area contributed by atoms with E-state index in [1.807, 2.05) is 0 Å². The van der Waals surface area contributed by atoms with Crippen LogP contribution in [0.25, 0.3) is 0 Å². The van der Waals surface area contributed by atoms with Crippen LogP contribution >= 0.6 is 11.6 Å². The van der Waals surface area contributed by atoms with Gasteiger partial charge >= 0.3 is 0 Å². The SMILES string of the molecule is CC1(C)[C@@H]2CC[C@]1(C)CN(CCC1C3CC4CC1CC(Cl)(C4)C3)C2. The van der Waals surface area contributed by atoms with E-state index < -0.39 is 0 Å². The third-order valence-corrected chi connectivity index (χ3v) is 10.3. The highest BCUT2D eigenvalue weighted by atomic mass is 35.5. The number of halogens is 1. The van der Waals surface area contributed by atoms with Gasteiger partial charge in [-0.15, -0.1) is 11.6 Å². The quantitative estimate of drug-likeness (QED) is 0.602. The highest BCUT2D eigenvalue weighted by Crippen LogP contribution is 2.62. The van der Waals surface area contributed by atoms with Crippen LogP contribution in [-0.2, 0) is 0 Å². The maximum absolute atomic E-state index is 6.93.